The summed E-state index contributed by atoms with van der Waals surface area (Å²) in [5.74, 6) is 0.652. The highest BCUT2D eigenvalue weighted by atomic mass is 79.9. The Morgan fingerprint density at radius 1 is 1.33 bits per heavy atom. The smallest absolute Gasteiger partial charge is 0.266 e. The summed E-state index contributed by atoms with van der Waals surface area (Å²) in [7, 11) is 0. The standard InChI is InChI=1S/C20H20BrN3O3/c1-13-4-3-5-18(14(13)2)23-19(25)15(12-22)10-16-11-17(21)20(27-16)24-6-8-26-9-7-24/h3-5,10-11H,6-9H2,1-2H3,(H,23,25)/b15-10-. The highest BCUT2D eigenvalue weighted by Crippen LogP contribution is 2.32. The summed E-state index contributed by atoms with van der Waals surface area (Å²) in [6.07, 6.45) is 1.45. The molecule has 1 aromatic carbocycles. The van der Waals surface area contributed by atoms with Crippen LogP contribution in [0, 0.1) is 25.2 Å². The second-order valence-corrected chi connectivity index (χ2v) is 7.13. The van der Waals surface area contributed by atoms with E-state index in [0.29, 0.717) is 30.5 Å². The molecule has 1 aliphatic heterocycles. The van der Waals surface area contributed by atoms with Gasteiger partial charge in [-0.2, -0.15) is 5.26 Å². The highest BCUT2D eigenvalue weighted by molar-refractivity contribution is 9.10. The number of amides is 1. The predicted molar refractivity (Wildman–Crippen MR) is 108 cm³/mol. The molecular weight excluding hydrogens is 410 g/mol. The fourth-order valence-corrected chi connectivity index (χ4v) is 3.35. The quantitative estimate of drug-likeness (QED) is 0.585. The van der Waals surface area contributed by atoms with Crippen molar-refractivity contribution >= 4 is 39.5 Å². The molecule has 3 rings (SSSR count). The van der Waals surface area contributed by atoms with Gasteiger partial charge < -0.3 is 19.4 Å². The number of hydrogen-bond acceptors (Lipinski definition) is 5. The second-order valence-electron chi connectivity index (χ2n) is 6.27. The van der Waals surface area contributed by atoms with E-state index in [1.165, 1.54) is 6.08 Å². The molecule has 0 spiro atoms. The van der Waals surface area contributed by atoms with Gasteiger partial charge in [0, 0.05) is 30.9 Å². The van der Waals surface area contributed by atoms with Crippen LogP contribution in [0.1, 0.15) is 16.9 Å². The van der Waals surface area contributed by atoms with Crippen molar-refractivity contribution in [3.05, 3.63) is 51.2 Å². The van der Waals surface area contributed by atoms with Gasteiger partial charge in [-0.15, -0.1) is 0 Å². The van der Waals surface area contributed by atoms with E-state index in [4.69, 9.17) is 9.15 Å². The molecule has 1 fully saturated rings. The fourth-order valence-electron chi connectivity index (χ4n) is 2.80. The molecule has 1 N–H and O–H groups in total. The van der Waals surface area contributed by atoms with E-state index >= 15 is 0 Å². The van der Waals surface area contributed by atoms with Gasteiger partial charge in [0.1, 0.15) is 17.4 Å². The van der Waals surface area contributed by atoms with Gasteiger partial charge in [-0.25, -0.2) is 0 Å². The fraction of sp³-hybridized carbons (Fsp3) is 0.300. The minimum Gasteiger partial charge on any atom is -0.440 e. The number of carbonyl (C=O) groups excluding carboxylic acids is 1. The van der Waals surface area contributed by atoms with E-state index in [0.717, 1.165) is 28.7 Å². The number of benzene rings is 1. The maximum absolute atomic E-state index is 12.5. The lowest BCUT2D eigenvalue weighted by molar-refractivity contribution is -0.112. The summed E-state index contributed by atoms with van der Waals surface area (Å²) in [5.41, 5.74) is 2.71. The zero-order chi connectivity index (χ0) is 19.4. The first-order valence-electron chi connectivity index (χ1n) is 8.61. The monoisotopic (exact) mass is 429 g/mol. The zero-order valence-corrected chi connectivity index (χ0v) is 16.8. The van der Waals surface area contributed by atoms with Crippen molar-refractivity contribution in [1.29, 1.82) is 5.26 Å². The number of rotatable bonds is 4. The number of morpholine rings is 1. The summed E-state index contributed by atoms with van der Waals surface area (Å²) in [4.78, 5) is 14.6. The summed E-state index contributed by atoms with van der Waals surface area (Å²) in [6, 6.07) is 9.36. The molecule has 2 heterocycles. The van der Waals surface area contributed by atoms with Crippen LogP contribution in [-0.2, 0) is 9.53 Å². The number of furan rings is 1. The SMILES string of the molecule is Cc1cccc(NC(=O)/C(C#N)=C\c2cc(Br)c(N3CCOCC3)o2)c1C. The molecule has 6 nitrogen and oxygen atoms in total. The van der Waals surface area contributed by atoms with E-state index < -0.39 is 5.91 Å². The molecule has 140 valence electrons. The molecule has 0 unspecified atom stereocenters. The number of halogens is 1. The molecule has 7 heteroatoms. The molecule has 1 amide bonds. The van der Waals surface area contributed by atoms with Gasteiger partial charge in [-0.05, 0) is 47.0 Å². The van der Waals surface area contributed by atoms with Crippen molar-refractivity contribution in [2.75, 3.05) is 36.5 Å². The molecular formula is C20H20BrN3O3. The lowest BCUT2D eigenvalue weighted by Gasteiger charge is -2.26. The van der Waals surface area contributed by atoms with Gasteiger partial charge in [0.25, 0.3) is 5.91 Å². The van der Waals surface area contributed by atoms with Crippen LogP contribution in [0.25, 0.3) is 6.08 Å². The Morgan fingerprint density at radius 2 is 2.07 bits per heavy atom. The van der Waals surface area contributed by atoms with Gasteiger partial charge in [0.05, 0.1) is 17.7 Å². The van der Waals surface area contributed by atoms with Crippen LogP contribution in [0.5, 0.6) is 0 Å². The Hall–Kier alpha value is -2.56. The number of nitrogens with zero attached hydrogens (tertiary/aromatic N) is 2. The molecule has 0 saturated carbocycles. The Kier molecular flexibility index (Phi) is 5.99. The average molecular weight is 430 g/mol. The van der Waals surface area contributed by atoms with E-state index in [-0.39, 0.29) is 5.57 Å². The van der Waals surface area contributed by atoms with Gasteiger partial charge in [0.15, 0.2) is 0 Å². The van der Waals surface area contributed by atoms with Crippen LogP contribution in [0.3, 0.4) is 0 Å². The van der Waals surface area contributed by atoms with Crippen LogP contribution in [0.15, 0.2) is 38.7 Å². The Balaban J connectivity index is 1.80. The highest BCUT2D eigenvalue weighted by Gasteiger charge is 2.19. The van der Waals surface area contributed by atoms with Gasteiger partial charge >= 0.3 is 0 Å². The number of carbonyl (C=O) groups is 1. The van der Waals surface area contributed by atoms with E-state index in [1.54, 1.807) is 6.07 Å². The van der Waals surface area contributed by atoms with Gasteiger partial charge in [-0.3, -0.25) is 4.79 Å². The molecule has 0 aliphatic carbocycles. The number of aryl methyl sites for hydroxylation is 1. The van der Waals surface area contributed by atoms with Crippen LogP contribution < -0.4 is 10.2 Å². The maximum atomic E-state index is 12.5. The molecule has 1 aromatic heterocycles. The van der Waals surface area contributed by atoms with Crippen molar-refractivity contribution in [2.45, 2.75) is 13.8 Å². The Bertz CT molecular complexity index is 921. The van der Waals surface area contributed by atoms with Crippen LogP contribution in [-0.4, -0.2) is 32.2 Å². The first-order chi connectivity index (χ1) is 13.0. The van der Waals surface area contributed by atoms with Crippen LogP contribution in [0.2, 0.25) is 0 Å². The van der Waals surface area contributed by atoms with E-state index in [9.17, 15) is 10.1 Å². The van der Waals surface area contributed by atoms with Crippen molar-refractivity contribution in [1.82, 2.24) is 0 Å². The van der Waals surface area contributed by atoms with Crippen LogP contribution in [0.4, 0.5) is 11.6 Å². The van der Waals surface area contributed by atoms with Gasteiger partial charge in [0.2, 0.25) is 5.88 Å². The van der Waals surface area contributed by atoms with Crippen molar-refractivity contribution in [3.63, 3.8) is 0 Å². The van der Waals surface area contributed by atoms with Crippen molar-refractivity contribution in [2.24, 2.45) is 0 Å². The normalized spacial score (nSPS) is 14.7. The van der Waals surface area contributed by atoms with Gasteiger partial charge in [-0.1, -0.05) is 12.1 Å². The van der Waals surface area contributed by atoms with E-state index in [1.807, 2.05) is 38.1 Å². The number of ether oxygens (including phenoxy) is 1. The lowest BCUT2D eigenvalue weighted by Crippen LogP contribution is -2.36. The third-order valence-electron chi connectivity index (χ3n) is 4.49. The number of nitriles is 1. The summed E-state index contributed by atoms with van der Waals surface area (Å²) < 4.78 is 12.0. The summed E-state index contributed by atoms with van der Waals surface area (Å²) in [6.45, 7) is 6.64. The maximum Gasteiger partial charge on any atom is 0.266 e. The molecule has 2 aromatic rings. The second kappa shape index (κ2) is 8.42. The predicted octanol–water partition coefficient (Wildman–Crippen LogP) is 4.04. The molecule has 0 atom stereocenters. The van der Waals surface area contributed by atoms with Crippen molar-refractivity contribution in [3.8, 4) is 6.07 Å². The minimum absolute atomic E-state index is 0.0225. The number of anilines is 2. The van der Waals surface area contributed by atoms with E-state index in [2.05, 4.69) is 26.1 Å². The molecule has 27 heavy (non-hydrogen) atoms. The molecule has 0 bridgehead atoms. The Labute approximate surface area is 166 Å². The zero-order valence-electron chi connectivity index (χ0n) is 15.2. The molecule has 1 saturated heterocycles. The third-order valence-corrected chi connectivity index (χ3v) is 5.06. The Morgan fingerprint density at radius 3 is 2.78 bits per heavy atom. The van der Waals surface area contributed by atoms with Crippen LogP contribution >= 0.6 is 15.9 Å². The molecule has 1 aliphatic rings. The van der Waals surface area contributed by atoms with Crippen molar-refractivity contribution < 1.29 is 13.9 Å². The largest absolute Gasteiger partial charge is 0.440 e. The number of nitrogens with one attached hydrogen (secondary N) is 1. The molecule has 0 radical (unpaired) electrons. The minimum atomic E-state index is -0.466. The third kappa shape index (κ3) is 4.41. The summed E-state index contributed by atoms with van der Waals surface area (Å²) >= 11 is 3.48. The number of hydrogen-bond donors (Lipinski definition) is 1. The summed E-state index contributed by atoms with van der Waals surface area (Å²) in [5, 5.41) is 12.2. The first kappa shape index (κ1) is 19.2. The topological polar surface area (TPSA) is 78.5 Å². The lowest BCUT2D eigenvalue weighted by atomic mass is 10.1. The average Bonchev–Trinajstić information content (AvgIpc) is 3.04. The first-order valence-corrected chi connectivity index (χ1v) is 9.40.